The molecule has 6 nitrogen and oxygen atoms in total. The Kier molecular flexibility index (Phi) is 6.91. The number of rotatable bonds is 5. The van der Waals surface area contributed by atoms with E-state index in [1.54, 1.807) is 0 Å². The normalized spacial score (nSPS) is 19.5. The summed E-state index contributed by atoms with van der Waals surface area (Å²) in [6, 6.07) is 5.93. The van der Waals surface area contributed by atoms with E-state index in [1.165, 1.54) is 0 Å². The number of thioether (sulfide) groups is 1. The molecule has 1 aromatic carbocycles. The van der Waals surface area contributed by atoms with Crippen LogP contribution in [0.25, 0.3) is 0 Å². The molecule has 7 heteroatoms. The Morgan fingerprint density at radius 3 is 2.65 bits per heavy atom. The van der Waals surface area contributed by atoms with Crippen LogP contribution in [0.1, 0.15) is 26.2 Å². The average Bonchev–Trinajstić information content (AvgIpc) is 2.92. The molecule has 2 aliphatic rings. The van der Waals surface area contributed by atoms with Crippen molar-refractivity contribution in [1.82, 2.24) is 5.32 Å². The first-order valence-electron chi connectivity index (χ1n) is 9.32. The lowest BCUT2D eigenvalue weighted by Gasteiger charge is -2.34. The van der Waals surface area contributed by atoms with E-state index >= 15 is 0 Å². The van der Waals surface area contributed by atoms with Crippen LogP contribution in [-0.4, -0.2) is 56.5 Å². The number of aliphatic imine (C=N–C) groups is 1. The molecule has 0 atom stereocenters. The van der Waals surface area contributed by atoms with Crippen molar-refractivity contribution in [2.24, 2.45) is 4.99 Å². The molecule has 0 spiro atoms. The molecule has 1 aromatic rings. The van der Waals surface area contributed by atoms with Gasteiger partial charge in [-0.2, -0.15) is 11.8 Å². The number of hydrogen-bond acceptors (Lipinski definition) is 5. The number of hydrogen-bond donors (Lipinski definition) is 2. The van der Waals surface area contributed by atoms with Gasteiger partial charge in [0, 0.05) is 42.7 Å². The second-order valence-corrected chi connectivity index (χ2v) is 7.81. The molecule has 0 amide bonds. The number of guanidine groups is 1. The molecule has 1 saturated heterocycles. The van der Waals surface area contributed by atoms with Crippen LogP contribution in [0.2, 0.25) is 0 Å². The summed E-state index contributed by atoms with van der Waals surface area (Å²) in [6.45, 7) is 6.69. The Hall–Kier alpha value is -1.60. The highest BCUT2D eigenvalue weighted by molar-refractivity contribution is 8.00. The van der Waals surface area contributed by atoms with E-state index in [2.05, 4.69) is 23.8 Å². The van der Waals surface area contributed by atoms with Crippen LogP contribution in [0.3, 0.4) is 0 Å². The summed E-state index contributed by atoms with van der Waals surface area (Å²) in [7, 11) is 0. The molecule has 3 rings (SSSR count). The Bertz CT molecular complexity index is 618. The van der Waals surface area contributed by atoms with Gasteiger partial charge in [0.05, 0.1) is 19.8 Å². The fourth-order valence-electron chi connectivity index (χ4n) is 3.08. The summed E-state index contributed by atoms with van der Waals surface area (Å²) < 4.78 is 17.2. The lowest BCUT2D eigenvalue weighted by atomic mass is 9.99. The van der Waals surface area contributed by atoms with Gasteiger partial charge in [0.25, 0.3) is 0 Å². The van der Waals surface area contributed by atoms with Crippen molar-refractivity contribution in [2.75, 3.05) is 51.1 Å². The molecule has 2 heterocycles. The van der Waals surface area contributed by atoms with Gasteiger partial charge in [0.1, 0.15) is 0 Å². The van der Waals surface area contributed by atoms with Crippen molar-refractivity contribution >= 4 is 23.4 Å². The molecule has 0 saturated carbocycles. The van der Waals surface area contributed by atoms with Gasteiger partial charge in [0.15, 0.2) is 17.5 Å². The van der Waals surface area contributed by atoms with Gasteiger partial charge in [-0.15, -0.1) is 0 Å². The van der Waals surface area contributed by atoms with Gasteiger partial charge in [-0.3, -0.25) is 4.99 Å². The monoisotopic (exact) mass is 379 g/mol. The van der Waals surface area contributed by atoms with E-state index in [9.17, 15) is 0 Å². The van der Waals surface area contributed by atoms with Crippen LogP contribution < -0.4 is 20.1 Å². The van der Waals surface area contributed by atoms with Gasteiger partial charge >= 0.3 is 0 Å². The number of benzene rings is 1. The minimum absolute atomic E-state index is 0.172. The third kappa shape index (κ3) is 4.98. The van der Waals surface area contributed by atoms with Crippen molar-refractivity contribution < 1.29 is 14.2 Å². The van der Waals surface area contributed by atoms with E-state index < -0.39 is 0 Å². The van der Waals surface area contributed by atoms with Gasteiger partial charge in [-0.25, -0.2) is 0 Å². The third-order valence-electron chi connectivity index (χ3n) is 4.72. The molecule has 0 radical (unpaired) electrons. The predicted molar refractivity (Wildman–Crippen MR) is 108 cm³/mol. The van der Waals surface area contributed by atoms with E-state index in [0.29, 0.717) is 13.2 Å². The van der Waals surface area contributed by atoms with Crippen molar-refractivity contribution in [3.8, 4) is 11.5 Å². The van der Waals surface area contributed by atoms with Gasteiger partial charge in [0.2, 0.25) is 0 Å². The fourth-order valence-corrected chi connectivity index (χ4v) is 3.85. The first-order chi connectivity index (χ1) is 12.7. The first-order valence-corrected chi connectivity index (χ1v) is 10.5. The summed E-state index contributed by atoms with van der Waals surface area (Å²) in [5.74, 6) is 2.38. The first kappa shape index (κ1) is 19.2. The molecule has 0 bridgehead atoms. The van der Waals surface area contributed by atoms with Gasteiger partial charge in [-0.05, 0) is 38.2 Å². The van der Waals surface area contributed by atoms with Crippen molar-refractivity contribution in [1.29, 1.82) is 0 Å². The Morgan fingerprint density at radius 1 is 1.15 bits per heavy atom. The molecule has 26 heavy (non-hydrogen) atoms. The highest BCUT2D eigenvalue weighted by atomic mass is 32.2. The summed E-state index contributed by atoms with van der Waals surface area (Å²) in [6.07, 6.45) is 5.16. The number of ether oxygens (including phenoxy) is 3. The second kappa shape index (κ2) is 9.37. The molecule has 1 fully saturated rings. The number of anilines is 1. The molecular formula is C19H29N3O3S. The Balaban J connectivity index is 1.70. The van der Waals surface area contributed by atoms with E-state index in [4.69, 9.17) is 19.2 Å². The van der Waals surface area contributed by atoms with E-state index in [0.717, 1.165) is 68.7 Å². The quantitative estimate of drug-likeness (QED) is 0.605. The van der Waals surface area contributed by atoms with Crippen LogP contribution >= 0.6 is 11.8 Å². The lowest BCUT2D eigenvalue weighted by Crippen LogP contribution is -2.38. The van der Waals surface area contributed by atoms with Crippen LogP contribution in [0, 0.1) is 0 Å². The minimum atomic E-state index is 0.172. The predicted octanol–water partition coefficient (Wildman–Crippen LogP) is 3.14. The van der Waals surface area contributed by atoms with Crippen LogP contribution in [0.5, 0.6) is 11.5 Å². The summed E-state index contributed by atoms with van der Waals surface area (Å²) in [4.78, 5) is 4.85. The highest BCUT2D eigenvalue weighted by Crippen LogP contribution is 2.34. The topological polar surface area (TPSA) is 64.1 Å². The summed E-state index contributed by atoms with van der Waals surface area (Å²) >= 11 is 1.90. The fraction of sp³-hybridized carbons (Fsp3) is 0.632. The SMILES string of the molecule is CCNC(=NCC1(SC)CCOCC1)Nc1ccc2c(c1)OCCCO2. The molecule has 2 N–H and O–H groups in total. The van der Waals surface area contributed by atoms with Crippen LogP contribution in [-0.2, 0) is 4.74 Å². The molecule has 144 valence electrons. The van der Waals surface area contributed by atoms with Crippen molar-refractivity contribution in [2.45, 2.75) is 30.9 Å². The molecule has 0 unspecified atom stereocenters. The second-order valence-electron chi connectivity index (χ2n) is 6.53. The average molecular weight is 380 g/mol. The zero-order valence-electron chi connectivity index (χ0n) is 15.7. The third-order valence-corrected chi connectivity index (χ3v) is 6.12. The molecule has 0 aromatic heterocycles. The number of nitrogens with one attached hydrogen (secondary N) is 2. The van der Waals surface area contributed by atoms with E-state index in [1.807, 2.05) is 30.0 Å². The maximum absolute atomic E-state index is 5.78. The largest absolute Gasteiger partial charge is 0.490 e. The lowest BCUT2D eigenvalue weighted by molar-refractivity contribution is 0.0794. The maximum atomic E-state index is 5.78. The van der Waals surface area contributed by atoms with Crippen LogP contribution in [0.15, 0.2) is 23.2 Å². The summed E-state index contributed by atoms with van der Waals surface area (Å²) in [5.41, 5.74) is 0.944. The zero-order valence-corrected chi connectivity index (χ0v) is 16.5. The van der Waals surface area contributed by atoms with Gasteiger partial charge in [-0.1, -0.05) is 0 Å². The van der Waals surface area contributed by atoms with E-state index in [-0.39, 0.29) is 4.75 Å². The highest BCUT2D eigenvalue weighted by Gasteiger charge is 2.31. The van der Waals surface area contributed by atoms with Crippen molar-refractivity contribution in [3.63, 3.8) is 0 Å². The Morgan fingerprint density at radius 2 is 1.92 bits per heavy atom. The van der Waals surface area contributed by atoms with Gasteiger partial charge < -0.3 is 24.8 Å². The smallest absolute Gasteiger partial charge is 0.195 e. The number of nitrogens with zero attached hydrogens (tertiary/aromatic N) is 1. The molecular weight excluding hydrogens is 350 g/mol. The zero-order chi connectivity index (χ0) is 18.2. The van der Waals surface area contributed by atoms with Crippen molar-refractivity contribution in [3.05, 3.63) is 18.2 Å². The van der Waals surface area contributed by atoms with Crippen LogP contribution in [0.4, 0.5) is 5.69 Å². The standard InChI is InChI=1S/C19H29N3O3S/c1-3-20-18(21-14-19(26-2)7-11-23-12-8-19)22-15-5-6-16-17(13-15)25-10-4-9-24-16/h5-6,13H,3-4,7-12,14H2,1-2H3,(H2,20,21,22). The Labute approximate surface area is 160 Å². The maximum Gasteiger partial charge on any atom is 0.195 e. The number of fused-ring (bicyclic) bond motifs is 1. The minimum Gasteiger partial charge on any atom is -0.490 e. The molecule has 0 aliphatic carbocycles. The summed E-state index contributed by atoms with van der Waals surface area (Å²) in [5, 5.41) is 6.72. The molecule has 2 aliphatic heterocycles.